The molecule has 0 aromatic heterocycles. The van der Waals surface area contributed by atoms with Crippen LogP contribution < -0.4 is 0 Å². The molecule has 0 atom stereocenters. The van der Waals surface area contributed by atoms with Gasteiger partial charge in [0.2, 0.25) is 0 Å². The van der Waals surface area contributed by atoms with Gasteiger partial charge in [0, 0.05) is 5.33 Å². The van der Waals surface area contributed by atoms with E-state index >= 15 is 0 Å². The Labute approximate surface area is 65.4 Å². The predicted octanol–water partition coefficient (Wildman–Crippen LogP) is 2.27. The van der Waals surface area contributed by atoms with E-state index in [-0.39, 0.29) is 0 Å². The van der Waals surface area contributed by atoms with Crippen LogP contribution >= 0.6 is 31.9 Å². The fraction of sp³-hybridized carbons (Fsp3) is 0.600. The Bertz CT molecular complexity index is 105. The van der Waals surface area contributed by atoms with Gasteiger partial charge in [-0.1, -0.05) is 15.9 Å². The average molecular weight is 242 g/mol. The van der Waals surface area contributed by atoms with E-state index in [1.807, 2.05) is 0 Å². The number of carbonyl (C=O) groups excluding carboxylic acids is 1. The Morgan fingerprint density at radius 1 is 1.62 bits per heavy atom. The summed E-state index contributed by atoms with van der Waals surface area (Å²) in [6.07, 6.45) is 1.77. The van der Waals surface area contributed by atoms with E-state index in [2.05, 4.69) is 31.9 Å². The van der Waals surface area contributed by atoms with Crippen molar-refractivity contribution in [3.63, 3.8) is 0 Å². The summed E-state index contributed by atoms with van der Waals surface area (Å²) in [5.41, 5.74) is 0. The van der Waals surface area contributed by atoms with Crippen molar-refractivity contribution in [2.24, 2.45) is 0 Å². The summed E-state index contributed by atoms with van der Waals surface area (Å²) in [5, 5.41) is 0.934. The lowest BCUT2D eigenvalue weighted by molar-refractivity contribution is 0.567. The molecule has 0 aromatic carbocycles. The minimum atomic E-state index is 0.622. The van der Waals surface area contributed by atoms with E-state index in [1.54, 1.807) is 5.94 Å². The molecule has 1 nitrogen and oxygen atoms in total. The van der Waals surface area contributed by atoms with Gasteiger partial charge in [0.1, 0.15) is 5.94 Å². The fourth-order valence-electron chi connectivity index (χ4n) is 0.273. The number of hydrogen-bond donors (Lipinski definition) is 0. The van der Waals surface area contributed by atoms with Gasteiger partial charge in [0.15, 0.2) is 0 Å². The molecule has 0 fully saturated rings. The fourth-order valence-corrected chi connectivity index (χ4v) is 0.834. The zero-order valence-corrected chi connectivity index (χ0v) is 7.46. The third kappa shape index (κ3) is 4.57. The van der Waals surface area contributed by atoms with Crippen LogP contribution in [0.5, 0.6) is 0 Å². The zero-order valence-electron chi connectivity index (χ0n) is 4.29. The predicted molar refractivity (Wildman–Crippen MR) is 41.2 cm³/mol. The molecule has 0 rings (SSSR count). The Kier molecular flexibility index (Phi) is 5.83. The van der Waals surface area contributed by atoms with Gasteiger partial charge < -0.3 is 0 Å². The molecule has 0 aliphatic carbocycles. The molecule has 0 aliphatic rings. The van der Waals surface area contributed by atoms with Crippen LogP contribution in [0.25, 0.3) is 0 Å². The molecule has 0 aromatic rings. The summed E-state index contributed by atoms with van der Waals surface area (Å²) in [5.74, 6) is 1.76. The van der Waals surface area contributed by atoms with Gasteiger partial charge in [-0.15, -0.1) is 0 Å². The molecule has 0 heterocycles. The molecule has 0 spiro atoms. The summed E-state index contributed by atoms with van der Waals surface area (Å²) in [7, 11) is 0. The molecular formula is C5H6Br2O. The molecule has 0 N–H and O–H groups in total. The Morgan fingerprint density at radius 2 is 2.25 bits per heavy atom. The van der Waals surface area contributed by atoms with Gasteiger partial charge in [-0.3, -0.25) is 0 Å². The van der Waals surface area contributed by atoms with Crippen molar-refractivity contribution in [3.8, 4) is 0 Å². The van der Waals surface area contributed by atoms with Crippen LogP contribution in [0.4, 0.5) is 0 Å². The van der Waals surface area contributed by atoms with Crippen LogP contribution in [0.2, 0.25) is 0 Å². The van der Waals surface area contributed by atoms with Crippen LogP contribution in [0.1, 0.15) is 12.8 Å². The van der Waals surface area contributed by atoms with Crippen LogP contribution in [-0.4, -0.2) is 11.3 Å². The lowest BCUT2D eigenvalue weighted by Crippen LogP contribution is -1.75. The molecule has 0 saturated heterocycles. The van der Waals surface area contributed by atoms with Crippen molar-refractivity contribution in [2.45, 2.75) is 12.8 Å². The third-order valence-electron chi connectivity index (χ3n) is 0.641. The van der Waals surface area contributed by atoms with Crippen LogP contribution in [-0.2, 0) is 4.79 Å². The van der Waals surface area contributed by atoms with Crippen molar-refractivity contribution < 1.29 is 4.79 Å². The van der Waals surface area contributed by atoms with Gasteiger partial charge >= 0.3 is 0 Å². The van der Waals surface area contributed by atoms with Crippen LogP contribution in [0.3, 0.4) is 0 Å². The highest BCUT2D eigenvalue weighted by Gasteiger charge is 1.88. The van der Waals surface area contributed by atoms with Gasteiger partial charge in [-0.05, 0) is 28.8 Å². The van der Waals surface area contributed by atoms with E-state index < -0.39 is 0 Å². The summed E-state index contributed by atoms with van der Waals surface area (Å²) in [4.78, 5) is 9.79. The Balaban J connectivity index is 3.26. The lowest BCUT2D eigenvalue weighted by Gasteiger charge is -1.86. The number of allylic oxidation sites excluding steroid dienone is 1. The second-order valence-corrected chi connectivity index (χ2v) is 3.05. The number of hydrogen-bond acceptors (Lipinski definition) is 1. The van der Waals surface area contributed by atoms with E-state index in [0.29, 0.717) is 4.48 Å². The highest BCUT2D eigenvalue weighted by molar-refractivity contribution is 9.12. The maximum atomic E-state index is 9.79. The lowest BCUT2D eigenvalue weighted by atomic mass is 10.3. The third-order valence-corrected chi connectivity index (χ3v) is 1.76. The van der Waals surface area contributed by atoms with Crippen molar-refractivity contribution in [1.29, 1.82) is 0 Å². The van der Waals surface area contributed by atoms with Crippen molar-refractivity contribution in [2.75, 3.05) is 5.33 Å². The van der Waals surface area contributed by atoms with Gasteiger partial charge in [0.05, 0.1) is 4.48 Å². The first-order chi connectivity index (χ1) is 3.81. The summed E-state index contributed by atoms with van der Waals surface area (Å²) in [6, 6.07) is 0. The van der Waals surface area contributed by atoms with Gasteiger partial charge in [-0.25, -0.2) is 4.79 Å². The van der Waals surface area contributed by atoms with Gasteiger partial charge in [0.25, 0.3) is 0 Å². The number of rotatable bonds is 3. The van der Waals surface area contributed by atoms with E-state index in [1.165, 1.54) is 0 Å². The number of halogens is 2. The van der Waals surface area contributed by atoms with Crippen molar-refractivity contribution in [1.82, 2.24) is 0 Å². The first kappa shape index (κ1) is 8.41. The quantitative estimate of drug-likeness (QED) is 0.548. The SMILES string of the molecule is O=C=C(Br)CCCBr. The minimum absolute atomic E-state index is 0.622. The van der Waals surface area contributed by atoms with Crippen LogP contribution in [0, 0.1) is 0 Å². The maximum Gasteiger partial charge on any atom is 0.135 e. The van der Waals surface area contributed by atoms with Crippen molar-refractivity contribution in [3.05, 3.63) is 4.48 Å². The van der Waals surface area contributed by atoms with Crippen LogP contribution in [0.15, 0.2) is 4.48 Å². The maximum absolute atomic E-state index is 9.79. The molecule has 0 aliphatic heterocycles. The highest BCUT2D eigenvalue weighted by atomic mass is 79.9. The van der Waals surface area contributed by atoms with E-state index in [9.17, 15) is 4.79 Å². The summed E-state index contributed by atoms with van der Waals surface area (Å²) in [6.45, 7) is 0. The normalized spacial score (nSPS) is 8.25. The van der Waals surface area contributed by atoms with E-state index in [0.717, 1.165) is 18.2 Å². The van der Waals surface area contributed by atoms with Crippen molar-refractivity contribution >= 4 is 37.8 Å². The molecule has 0 bridgehead atoms. The Morgan fingerprint density at radius 3 is 2.62 bits per heavy atom. The molecular weight excluding hydrogens is 236 g/mol. The Hall–Kier alpha value is 0.410. The minimum Gasteiger partial charge on any atom is -0.233 e. The topological polar surface area (TPSA) is 17.1 Å². The largest absolute Gasteiger partial charge is 0.233 e. The smallest absolute Gasteiger partial charge is 0.135 e. The zero-order chi connectivity index (χ0) is 6.41. The molecule has 46 valence electrons. The summed E-state index contributed by atoms with van der Waals surface area (Å²) >= 11 is 6.29. The first-order valence-corrected chi connectivity index (χ1v) is 4.18. The summed E-state index contributed by atoms with van der Waals surface area (Å²) < 4.78 is 0.622. The second kappa shape index (κ2) is 5.54. The second-order valence-electron chi connectivity index (χ2n) is 1.30. The monoisotopic (exact) mass is 240 g/mol. The standard InChI is InChI=1S/C5H6Br2O/c6-3-1-2-5(7)4-8/h1-3H2. The molecule has 0 amide bonds. The molecule has 0 unspecified atom stereocenters. The first-order valence-electron chi connectivity index (χ1n) is 2.26. The van der Waals surface area contributed by atoms with Gasteiger partial charge in [-0.2, -0.15) is 0 Å². The van der Waals surface area contributed by atoms with E-state index in [4.69, 9.17) is 0 Å². The molecule has 3 heteroatoms. The molecule has 8 heavy (non-hydrogen) atoms. The average Bonchev–Trinajstić information content (AvgIpc) is 1.83. The number of alkyl halides is 1. The highest BCUT2D eigenvalue weighted by Crippen LogP contribution is 2.08. The molecule has 0 saturated carbocycles. The molecule has 0 radical (unpaired) electrons.